The molecule has 0 radical (unpaired) electrons. The Morgan fingerprint density at radius 3 is 2.45 bits per heavy atom. The van der Waals surface area contributed by atoms with Gasteiger partial charge in [0.2, 0.25) is 0 Å². The monoisotopic (exact) mass is 461 g/mol. The van der Waals surface area contributed by atoms with Gasteiger partial charge in [0.1, 0.15) is 0 Å². The molecule has 1 unspecified atom stereocenters. The smallest absolute Gasteiger partial charge is 0.255 e. The predicted molar refractivity (Wildman–Crippen MR) is 134 cm³/mol. The molecule has 0 fully saturated rings. The molecule has 0 aliphatic carbocycles. The second-order valence-electron chi connectivity index (χ2n) is 8.42. The first-order valence-corrected chi connectivity index (χ1v) is 11.7. The number of benzene rings is 3. The zero-order valence-corrected chi connectivity index (χ0v) is 19.7. The van der Waals surface area contributed by atoms with Crippen LogP contribution in [0.5, 0.6) is 0 Å². The van der Waals surface area contributed by atoms with E-state index in [9.17, 15) is 9.59 Å². The van der Waals surface area contributed by atoms with Crippen LogP contribution in [0.1, 0.15) is 52.1 Å². The van der Waals surface area contributed by atoms with Crippen molar-refractivity contribution in [3.8, 4) is 0 Å². The topological polar surface area (TPSA) is 61.4 Å². The molecule has 0 saturated carbocycles. The van der Waals surface area contributed by atoms with Crippen LogP contribution in [0.25, 0.3) is 0 Å². The lowest BCUT2D eigenvalue weighted by molar-refractivity contribution is 0.0938. The zero-order chi connectivity index (χ0) is 23.4. The van der Waals surface area contributed by atoms with E-state index in [0.717, 1.165) is 31.6 Å². The SMILES string of the molecule is CCC(C)NC(=O)c1cc(NC(=O)c2ccc(Cl)cc2)ccc1N1CCc2ccccc2C1. The molecule has 3 aromatic carbocycles. The summed E-state index contributed by atoms with van der Waals surface area (Å²) in [7, 11) is 0. The van der Waals surface area contributed by atoms with Crippen LogP contribution >= 0.6 is 11.6 Å². The van der Waals surface area contributed by atoms with Crippen molar-refractivity contribution in [2.45, 2.75) is 39.3 Å². The fraction of sp³-hybridized carbons (Fsp3) is 0.259. The Balaban J connectivity index is 1.63. The van der Waals surface area contributed by atoms with E-state index in [-0.39, 0.29) is 17.9 Å². The third kappa shape index (κ3) is 5.37. The van der Waals surface area contributed by atoms with Crippen LogP contribution in [0.4, 0.5) is 11.4 Å². The van der Waals surface area contributed by atoms with Gasteiger partial charge in [-0.2, -0.15) is 0 Å². The van der Waals surface area contributed by atoms with Crippen LogP contribution in [0.15, 0.2) is 66.7 Å². The summed E-state index contributed by atoms with van der Waals surface area (Å²) in [5, 5.41) is 6.55. The summed E-state index contributed by atoms with van der Waals surface area (Å²) in [5.74, 6) is -0.389. The van der Waals surface area contributed by atoms with Crippen molar-refractivity contribution in [3.63, 3.8) is 0 Å². The molecule has 1 heterocycles. The minimum Gasteiger partial charge on any atom is -0.366 e. The molecule has 6 heteroatoms. The Morgan fingerprint density at radius 2 is 1.73 bits per heavy atom. The Bertz CT molecular complexity index is 1160. The number of nitrogens with zero attached hydrogens (tertiary/aromatic N) is 1. The van der Waals surface area contributed by atoms with E-state index in [1.165, 1.54) is 11.1 Å². The third-order valence-electron chi connectivity index (χ3n) is 6.07. The maximum Gasteiger partial charge on any atom is 0.255 e. The van der Waals surface area contributed by atoms with Crippen LogP contribution in [0.2, 0.25) is 5.02 Å². The van der Waals surface area contributed by atoms with Crippen molar-refractivity contribution in [1.29, 1.82) is 0 Å². The van der Waals surface area contributed by atoms with E-state index in [1.54, 1.807) is 30.3 Å². The van der Waals surface area contributed by atoms with Crippen LogP contribution in [0.3, 0.4) is 0 Å². The number of halogens is 1. The first-order chi connectivity index (χ1) is 15.9. The molecule has 4 rings (SSSR count). The van der Waals surface area contributed by atoms with Crippen molar-refractivity contribution in [1.82, 2.24) is 5.32 Å². The van der Waals surface area contributed by atoms with Gasteiger partial charge < -0.3 is 15.5 Å². The molecular weight excluding hydrogens is 434 g/mol. The van der Waals surface area contributed by atoms with Crippen molar-refractivity contribution in [2.24, 2.45) is 0 Å². The van der Waals surface area contributed by atoms with Gasteiger partial charge in [0.25, 0.3) is 11.8 Å². The summed E-state index contributed by atoms with van der Waals surface area (Å²) in [6, 6.07) is 20.7. The average molecular weight is 462 g/mol. The van der Waals surface area contributed by atoms with Gasteiger partial charge in [-0.1, -0.05) is 42.8 Å². The largest absolute Gasteiger partial charge is 0.366 e. The highest BCUT2D eigenvalue weighted by molar-refractivity contribution is 6.30. The maximum atomic E-state index is 13.2. The average Bonchev–Trinajstić information content (AvgIpc) is 2.84. The van der Waals surface area contributed by atoms with Gasteiger partial charge >= 0.3 is 0 Å². The van der Waals surface area contributed by atoms with Gasteiger partial charge in [0.05, 0.1) is 5.56 Å². The van der Waals surface area contributed by atoms with Crippen LogP contribution in [0, 0.1) is 0 Å². The minimum absolute atomic E-state index is 0.0553. The highest BCUT2D eigenvalue weighted by Gasteiger charge is 2.22. The second kappa shape index (κ2) is 10.1. The van der Waals surface area contributed by atoms with E-state index < -0.39 is 0 Å². The van der Waals surface area contributed by atoms with E-state index in [0.29, 0.717) is 21.8 Å². The van der Waals surface area contributed by atoms with Gasteiger partial charge in [0.15, 0.2) is 0 Å². The fourth-order valence-electron chi connectivity index (χ4n) is 3.98. The maximum absolute atomic E-state index is 13.2. The van der Waals surface area contributed by atoms with Gasteiger partial charge in [-0.15, -0.1) is 0 Å². The molecule has 33 heavy (non-hydrogen) atoms. The van der Waals surface area contributed by atoms with Crippen molar-refractivity contribution in [3.05, 3.63) is 94.0 Å². The molecule has 2 N–H and O–H groups in total. The van der Waals surface area contributed by atoms with E-state index >= 15 is 0 Å². The molecule has 0 spiro atoms. The highest BCUT2D eigenvalue weighted by atomic mass is 35.5. The number of nitrogens with one attached hydrogen (secondary N) is 2. The lowest BCUT2D eigenvalue weighted by atomic mass is 9.98. The molecule has 1 aliphatic heterocycles. The van der Waals surface area contributed by atoms with Gasteiger partial charge in [-0.25, -0.2) is 0 Å². The molecule has 3 aromatic rings. The molecule has 2 amide bonds. The molecule has 0 aromatic heterocycles. The number of hydrogen-bond acceptors (Lipinski definition) is 3. The van der Waals surface area contributed by atoms with E-state index in [4.69, 9.17) is 11.6 Å². The van der Waals surface area contributed by atoms with Crippen molar-refractivity contribution in [2.75, 3.05) is 16.8 Å². The summed E-state index contributed by atoms with van der Waals surface area (Å²) < 4.78 is 0. The Labute approximate surface area is 199 Å². The van der Waals surface area contributed by atoms with Crippen molar-refractivity contribution < 1.29 is 9.59 Å². The summed E-state index contributed by atoms with van der Waals surface area (Å²) >= 11 is 5.93. The molecule has 0 bridgehead atoms. The van der Waals surface area contributed by atoms with Gasteiger partial charge in [-0.3, -0.25) is 9.59 Å². The minimum atomic E-state index is -0.250. The predicted octanol–water partition coefficient (Wildman–Crippen LogP) is 5.68. The number of fused-ring (bicyclic) bond motifs is 1. The lowest BCUT2D eigenvalue weighted by Crippen LogP contribution is -2.35. The van der Waals surface area contributed by atoms with E-state index in [1.807, 2.05) is 32.0 Å². The number of hydrogen-bond donors (Lipinski definition) is 2. The Hall–Kier alpha value is -3.31. The van der Waals surface area contributed by atoms with Crippen LogP contribution in [-0.2, 0) is 13.0 Å². The summed E-state index contributed by atoms with van der Waals surface area (Å²) in [6.45, 7) is 5.60. The summed E-state index contributed by atoms with van der Waals surface area (Å²) in [6.07, 6.45) is 1.77. The normalized spacial score (nSPS) is 13.7. The molecule has 0 saturated heterocycles. The first-order valence-electron chi connectivity index (χ1n) is 11.3. The van der Waals surface area contributed by atoms with Crippen LogP contribution < -0.4 is 15.5 Å². The Kier molecular flexibility index (Phi) is 6.99. The summed E-state index contributed by atoms with van der Waals surface area (Å²) in [4.78, 5) is 28.1. The molecule has 1 aliphatic rings. The fourth-order valence-corrected chi connectivity index (χ4v) is 4.11. The van der Waals surface area contributed by atoms with Crippen molar-refractivity contribution >= 4 is 34.8 Å². The zero-order valence-electron chi connectivity index (χ0n) is 18.9. The summed E-state index contributed by atoms with van der Waals surface area (Å²) in [5.41, 5.74) is 5.13. The number of anilines is 2. The van der Waals surface area contributed by atoms with E-state index in [2.05, 4.69) is 33.7 Å². The standard InChI is InChI=1S/C27H28ClN3O2/c1-3-18(2)29-27(33)24-16-23(30-26(32)20-8-10-22(28)11-9-20)12-13-25(24)31-15-14-19-6-4-5-7-21(19)17-31/h4-13,16,18H,3,14-15,17H2,1-2H3,(H,29,33)(H,30,32). The second-order valence-corrected chi connectivity index (χ2v) is 8.85. The molecule has 170 valence electrons. The first kappa shape index (κ1) is 22.9. The number of carbonyl (C=O) groups excluding carboxylic acids is 2. The quantitative estimate of drug-likeness (QED) is 0.496. The molecule has 1 atom stereocenters. The van der Waals surface area contributed by atoms with Crippen LogP contribution in [-0.4, -0.2) is 24.4 Å². The van der Waals surface area contributed by atoms with Gasteiger partial charge in [0, 0.05) is 41.1 Å². The highest BCUT2D eigenvalue weighted by Crippen LogP contribution is 2.30. The Morgan fingerprint density at radius 1 is 1.00 bits per heavy atom. The number of carbonyl (C=O) groups is 2. The molecular formula is C27H28ClN3O2. The third-order valence-corrected chi connectivity index (χ3v) is 6.32. The molecule has 5 nitrogen and oxygen atoms in total. The number of amides is 2. The number of rotatable bonds is 6. The van der Waals surface area contributed by atoms with Gasteiger partial charge in [-0.05, 0) is 73.4 Å². The lowest BCUT2D eigenvalue weighted by Gasteiger charge is -2.32.